The summed E-state index contributed by atoms with van der Waals surface area (Å²) in [6.07, 6.45) is 3.89. The lowest BCUT2D eigenvalue weighted by atomic mass is 10.1. The molecule has 0 aliphatic rings. The molecule has 1 aromatic carbocycles. The average Bonchev–Trinajstić information content (AvgIpc) is 2.24. The van der Waals surface area contributed by atoms with Gasteiger partial charge in [0, 0.05) is 0 Å². The molecule has 0 spiro atoms. The Labute approximate surface area is 107 Å². The van der Waals surface area contributed by atoms with E-state index in [4.69, 9.17) is 0 Å². The minimum absolute atomic E-state index is 0.800. The number of hydrogen-bond donors (Lipinski definition) is 1. The molecule has 0 amide bonds. The molecule has 0 nitrogen and oxygen atoms in total. The van der Waals surface area contributed by atoms with E-state index < -0.39 is 8.07 Å². The molecule has 0 saturated carbocycles. The van der Waals surface area contributed by atoms with Gasteiger partial charge in [0.1, 0.15) is 0 Å². The van der Waals surface area contributed by atoms with Gasteiger partial charge in [0.15, 0.2) is 0 Å². The zero-order valence-corrected chi connectivity index (χ0v) is 12.6. The maximum absolute atomic E-state index is 4.29. The predicted octanol–water partition coefficient (Wildman–Crippen LogP) is 4.75. The van der Waals surface area contributed by atoms with Crippen LogP contribution in [0.15, 0.2) is 30.3 Å². The van der Waals surface area contributed by atoms with Gasteiger partial charge in [-0.15, -0.1) is 0 Å². The number of benzene rings is 1. The second-order valence-electron chi connectivity index (χ2n) is 5.55. The zero-order valence-electron chi connectivity index (χ0n) is 10.7. The van der Waals surface area contributed by atoms with Crippen molar-refractivity contribution in [1.29, 1.82) is 0 Å². The first-order valence-corrected chi connectivity index (χ1v) is 10.4. The molecular formula is C14H24SSi. The van der Waals surface area contributed by atoms with Crippen molar-refractivity contribution in [1.82, 2.24) is 0 Å². The van der Waals surface area contributed by atoms with E-state index in [1.807, 2.05) is 0 Å². The van der Waals surface area contributed by atoms with E-state index >= 15 is 0 Å². The Bertz CT molecular complexity index is 289. The van der Waals surface area contributed by atoms with E-state index in [1.54, 1.807) is 5.56 Å². The van der Waals surface area contributed by atoms with Crippen LogP contribution in [0.4, 0.5) is 0 Å². The summed E-state index contributed by atoms with van der Waals surface area (Å²) in [6.45, 7) is 7.43. The second-order valence-corrected chi connectivity index (χ2v) is 11.4. The molecule has 1 atom stereocenters. The van der Waals surface area contributed by atoms with Crippen LogP contribution in [0, 0.1) is 0 Å². The fraction of sp³-hybridized carbons (Fsp3) is 0.571. The van der Waals surface area contributed by atoms with E-state index in [0.717, 1.165) is 11.3 Å². The minimum Gasteiger partial charge on any atom is -0.179 e. The topological polar surface area (TPSA) is 0 Å². The third-order valence-corrected chi connectivity index (χ3v) is 6.18. The van der Waals surface area contributed by atoms with Crippen LogP contribution in [-0.2, 0) is 0 Å². The van der Waals surface area contributed by atoms with Crippen molar-refractivity contribution >= 4 is 20.7 Å². The Kier molecular flexibility index (Phi) is 5.63. The average molecular weight is 252 g/mol. The summed E-state index contributed by atoms with van der Waals surface area (Å²) in [6, 6.07) is 11.0. The molecule has 1 aromatic rings. The summed E-state index contributed by atoms with van der Waals surface area (Å²) in [5.41, 5.74) is 2.34. The highest BCUT2D eigenvalue weighted by Gasteiger charge is 2.27. The van der Waals surface area contributed by atoms with Crippen molar-refractivity contribution in [3.05, 3.63) is 35.9 Å². The van der Waals surface area contributed by atoms with Crippen LogP contribution in [0.25, 0.3) is 0 Å². The molecular weight excluding hydrogens is 228 g/mol. The lowest BCUT2D eigenvalue weighted by Gasteiger charge is -2.29. The van der Waals surface area contributed by atoms with Gasteiger partial charge < -0.3 is 0 Å². The van der Waals surface area contributed by atoms with Crippen molar-refractivity contribution in [2.45, 2.75) is 44.4 Å². The minimum atomic E-state index is -1.10. The van der Waals surface area contributed by atoms with Gasteiger partial charge in [-0.1, -0.05) is 56.4 Å². The molecule has 0 heterocycles. The van der Waals surface area contributed by atoms with E-state index in [1.165, 1.54) is 19.3 Å². The fourth-order valence-corrected chi connectivity index (χ4v) is 4.73. The number of rotatable bonds is 6. The normalized spacial score (nSPS) is 13.8. The van der Waals surface area contributed by atoms with E-state index in [2.05, 4.69) is 62.6 Å². The Morgan fingerprint density at radius 2 is 1.69 bits per heavy atom. The summed E-state index contributed by atoms with van der Waals surface area (Å²) < 4.78 is 0. The molecule has 0 bridgehead atoms. The van der Waals surface area contributed by atoms with Crippen LogP contribution in [0.1, 0.15) is 30.4 Å². The maximum atomic E-state index is 4.29. The largest absolute Gasteiger partial charge is 0.179 e. The summed E-state index contributed by atoms with van der Waals surface area (Å²) in [7, 11) is -1.10. The third kappa shape index (κ3) is 4.34. The summed E-state index contributed by atoms with van der Waals surface area (Å²) >= 11 is 4.29. The smallest absolute Gasteiger partial charge is 0.0521 e. The standard InChI is InChI=1S/C14H24SSi/c1-16(2,3)14(11-7-8-12-15)13-9-5-4-6-10-13/h4-6,9-10,14-15H,7-8,11-12H2,1-3H3. The van der Waals surface area contributed by atoms with Gasteiger partial charge in [-0.3, -0.25) is 0 Å². The number of unbranched alkanes of at least 4 members (excludes halogenated alkanes) is 1. The number of thiol groups is 1. The fourth-order valence-electron chi connectivity index (χ4n) is 2.25. The molecule has 1 rings (SSSR count). The summed E-state index contributed by atoms with van der Waals surface area (Å²) in [5, 5.41) is 0. The molecule has 0 fully saturated rings. The monoisotopic (exact) mass is 252 g/mol. The van der Waals surface area contributed by atoms with Crippen LogP contribution in [0.5, 0.6) is 0 Å². The van der Waals surface area contributed by atoms with E-state index in [9.17, 15) is 0 Å². The maximum Gasteiger partial charge on any atom is 0.0521 e. The third-order valence-electron chi connectivity index (χ3n) is 3.15. The first-order chi connectivity index (χ1) is 7.55. The molecule has 90 valence electrons. The highest BCUT2D eigenvalue weighted by Crippen LogP contribution is 2.31. The SMILES string of the molecule is C[Si](C)(C)C(CCCCS)c1ccccc1. The van der Waals surface area contributed by atoms with Crippen molar-refractivity contribution in [2.24, 2.45) is 0 Å². The van der Waals surface area contributed by atoms with Crippen molar-refractivity contribution in [3.63, 3.8) is 0 Å². The van der Waals surface area contributed by atoms with Crippen molar-refractivity contribution in [3.8, 4) is 0 Å². The van der Waals surface area contributed by atoms with Crippen molar-refractivity contribution < 1.29 is 0 Å². The molecule has 0 N–H and O–H groups in total. The van der Waals surface area contributed by atoms with Gasteiger partial charge in [0.2, 0.25) is 0 Å². The molecule has 1 unspecified atom stereocenters. The lowest BCUT2D eigenvalue weighted by molar-refractivity contribution is 0.689. The highest BCUT2D eigenvalue weighted by atomic mass is 32.1. The van der Waals surface area contributed by atoms with Gasteiger partial charge in [-0.25, -0.2) is 0 Å². The summed E-state index contributed by atoms with van der Waals surface area (Å²) in [4.78, 5) is 0. The first-order valence-electron chi connectivity index (χ1n) is 6.21. The summed E-state index contributed by atoms with van der Waals surface area (Å²) in [5.74, 6) is 1.02. The van der Waals surface area contributed by atoms with Crippen LogP contribution in [0.2, 0.25) is 19.6 Å². The van der Waals surface area contributed by atoms with Gasteiger partial charge in [-0.05, 0) is 29.7 Å². The first kappa shape index (κ1) is 13.9. The Balaban J connectivity index is 2.73. The highest BCUT2D eigenvalue weighted by molar-refractivity contribution is 7.80. The van der Waals surface area contributed by atoms with E-state index in [-0.39, 0.29) is 0 Å². The van der Waals surface area contributed by atoms with E-state index in [0.29, 0.717) is 0 Å². The van der Waals surface area contributed by atoms with Gasteiger partial charge >= 0.3 is 0 Å². The zero-order chi connectivity index (χ0) is 12.0. The van der Waals surface area contributed by atoms with Gasteiger partial charge in [0.25, 0.3) is 0 Å². The Morgan fingerprint density at radius 3 is 2.19 bits per heavy atom. The van der Waals surface area contributed by atoms with Gasteiger partial charge in [-0.2, -0.15) is 12.6 Å². The molecule has 0 saturated heterocycles. The molecule has 0 aliphatic heterocycles. The van der Waals surface area contributed by atoms with Crippen LogP contribution >= 0.6 is 12.6 Å². The molecule has 2 heteroatoms. The molecule has 16 heavy (non-hydrogen) atoms. The van der Waals surface area contributed by atoms with Crippen molar-refractivity contribution in [2.75, 3.05) is 5.75 Å². The second kappa shape index (κ2) is 6.50. The Hall–Kier alpha value is -0.213. The Morgan fingerprint density at radius 1 is 1.06 bits per heavy atom. The van der Waals surface area contributed by atoms with Gasteiger partial charge in [0.05, 0.1) is 8.07 Å². The number of hydrogen-bond acceptors (Lipinski definition) is 1. The van der Waals surface area contributed by atoms with Crippen LogP contribution in [-0.4, -0.2) is 13.8 Å². The lowest BCUT2D eigenvalue weighted by Crippen LogP contribution is -2.31. The quantitative estimate of drug-likeness (QED) is 0.422. The molecule has 0 radical (unpaired) electrons. The molecule has 0 aliphatic carbocycles. The predicted molar refractivity (Wildman–Crippen MR) is 80.2 cm³/mol. The van der Waals surface area contributed by atoms with Crippen LogP contribution in [0.3, 0.4) is 0 Å². The van der Waals surface area contributed by atoms with Crippen LogP contribution < -0.4 is 0 Å². The molecule has 0 aromatic heterocycles.